The SMILES string of the molecule is C=C/C=C\C(=C/N)C1C(COCN)CCN1C. The van der Waals surface area contributed by atoms with Gasteiger partial charge in [0.15, 0.2) is 0 Å². The molecule has 4 heteroatoms. The number of likely N-dealkylation sites (N-methyl/N-ethyl adjacent to an activating group) is 1. The zero-order chi connectivity index (χ0) is 12.7. The van der Waals surface area contributed by atoms with Crippen molar-refractivity contribution in [2.45, 2.75) is 12.5 Å². The molecule has 0 aromatic heterocycles. The average Bonchev–Trinajstić information content (AvgIpc) is 2.70. The number of nitrogens with zero attached hydrogens (tertiary/aromatic N) is 1. The lowest BCUT2D eigenvalue weighted by Gasteiger charge is -2.25. The summed E-state index contributed by atoms with van der Waals surface area (Å²) in [5, 5.41) is 0. The molecule has 1 rings (SSSR count). The lowest BCUT2D eigenvalue weighted by Crippen LogP contribution is -2.33. The largest absolute Gasteiger partial charge is 0.404 e. The number of likely N-dealkylation sites (tertiary alicyclic amines) is 1. The molecule has 2 atom stereocenters. The Labute approximate surface area is 104 Å². The topological polar surface area (TPSA) is 64.5 Å². The van der Waals surface area contributed by atoms with Gasteiger partial charge in [0.05, 0.1) is 13.3 Å². The van der Waals surface area contributed by atoms with E-state index in [0.29, 0.717) is 18.6 Å². The molecule has 0 aromatic rings. The van der Waals surface area contributed by atoms with E-state index in [9.17, 15) is 0 Å². The van der Waals surface area contributed by atoms with Gasteiger partial charge in [0.25, 0.3) is 0 Å². The van der Waals surface area contributed by atoms with Gasteiger partial charge in [0.2, 0.25) is 0 Å². The van der Waals surface area contributed by atoms with Crippen LogP contribution in [0.15, 0.2) is 36.6 Å². The Morgan fingerprint density at radius 1 is 1.59 bits per heavy atom. The van der Waals surface area contributed by atoms with E-state index < -0.39 is 0 Å². The standard InChI is InChI=1S/C13H23N3O/c1-3-4-5-11(8-14)13-12(9-17-10-15)6-7-16(13)2/h3-5,8,12-13H,1,6-7,9-10,14-15H2,2H3/b5-4-,11-8+. The monoisotopic (exact) mass is 237 g/mol. The molecular weight excluding hydrogens is 214 g/mol. The van der Waals surface area contributed by atoms with Crippen LogP contribution in [0.25, 0.3) is 0 Å². The minimum Gasteiger partial charge on any atom is -0.404 e. The van der Waals surface area contributed by atoms with Crippen molar-refractivity contribution in [1.29, 1.82) is 0 Å². The summed E-state index contributed by atoms with van der Waals surface area (Å²) >= 11 is 0. The van der Waals surface area contributed by atoms with Gasteiger partial charge in [-0.2, -0.15) is 0 Å². The number of nitrogens with two attached hydrogens (primary N) is 2. The van der Waals surface area contributed by atoms with E-state index in [-0.39, 0.29) is 6.73 Å². The van der Waals surface area contributed by atoms with Crippen LogP contribution in [-0.4, -0.2) is 37.9 Å². The number of allylic oxidation sites excluding steroid dienone is 2. The zero-order valence-corrected chi connectivity index (χ0v) is 10.5. The van der Waals surface area contributed by atoms with Crippen molar-refractivity contribution in [2.75, 3.05) is 26.9 Å². The van der Waals surface area contributed by atoms with Crippen molar-refractivity contribution in [3.05, 3.63) is 36.6 Å². The number of rotatable bonds is 6. The molecule has 0 spiro atoms. The fourth-order valence-electron chi connectivity index (χ4n) is 2.38. The van der Waals surface area contributed by atoms with Gasteiger partial charge in [0.1, 0.15) is 0 Å². The second kappa shape index (κ2) is 7.27. The van der Waals surface area contributed by atoms with E-state index in [1.807, 2.05) is 12.2 Å². The summed E-state index contributed by atoms with van der Waals surface area (Å²) < 4.78 is 5.33. The van der Waals surface area contributed by atoms with Crippen LogP contribution in [0.3, 0.4) is 0 Å². The maximum Gasteiger partial charge on any atom is 0.0940 e. The molecule has 4 N–H and O–H groups in total. The third kappa shape index (κ3) is 3.70. The van der Waals surface area contributed by atoms with Gasteiger partial charge in [-0.3, -0.25) is 4.90 Å². The molecule has 17 heavy (non-hydrogen) atoms. The van der Waals surface area contributed by atoms with Crippen LogP contribution >= 0.6 is 0 Å². The maximum atomic E-state index is 5.71. The van der Waals surface area contributed by atoms with Gasteiger partial charge < -0.3 is 16.2 Å². The number of hydrogen-bond donors (Lipinski definition) is 2. The third-order valence-corrected chi connectivity index (χ3v) is 3.18. The van der Waals surface area contributed by atoms with Crippen molar-refractivity contribution >= 4 is 0 Å². The maximum absolute atomic E-state index is 5.71. The fraction of sp³-hybridized carbons (Fsp3) is 0.538. The zero-order valence-electron chi connectivity index (χ0n) is 10.5. The fourth-order valence-corrected chi connectivity index (χ4v) is 2.38. The molecule has 1 aliphatic rings. The Hall–Kier alpha value is -1.10. The highest BCUT2D eigenvalue weighted by Gasteiger charge is 2.33. The van der Waals surface area contributed by atoms with E-state index in [2.05, 4.69) is 18.5 Å². The predicted molar refractivity (Wildman–Crippen MR) is 71.1 cm³/mol. The molecule has 1 fully saturated rings. The van der Waals surface area contributed by atoms with E-state index in [0.717, 1.165) is 18.5 Å². The summed E-state index contributed by atoms with van der Waals surface area (Å²) in [7, 11) is 2.11. The second-order valence-electron chi connectivity index (χ2n) is 4.27. The van der Waals surface area contributed by atoms with Crippen molar-refractivity contribution in [2.24, 2.45) is 17.4 Å². The molecule has 0 amide bonds. The van der Waals surface area contributed by atoms with E-state index in [1.54, 1.807) is 12.3 Å². The van der Waals surface area contributed by atoms with Crippen LogP contribution in [0.2, 0.25) is 0 Å². The quantitative estimate of drug-likeness (QED) is 0.530. The predicted octanol–water partition coefficient (Wildman–Crippen LogP) is 0.824. The van der Waals surface area contributed by atoms with E-state index >= 15 is 0 Å². The highest BCUT2D eigenvalue weighted by Crippen LogP contribution is 2.28. The van der Waals surface area contributed by atoms with Crippen molar-refractivity contribution in [3.8, 4) is 0 Å². The number of hydrogen-bond acceptors (Lipinski definition) is 4. The minimum atomic E-state index is 0.275. The Balaban J connectivity index is 2.74. The molecule has 1 aliphatic heterocycles. The first kappa shape index (κ1) is 14.0. The van der Waals surface area contributed by atoms with Crippen LogP contribution in [0, 0.1) is 5.92 Å². The van der Waals surface area contributed by atoms with Crippen LogP contribution in [-0.2, 0) is 4.74 Å². The molecule has 4 nitrogen and oxygen atoms in total. The molecule has 0 radical (unpaired) electrons. The summed E-state index contributed by atoms with van der Waals surface area (Å²) in [4.78, 5) is 2.30. The second-order valence-corrected chi connectivity index (χ2v) is 4.27. The molecule has 2 unspecified atom stereocenters. The molecule has 0 aromatic carbocycles. The average molecular weight is 237 g/mol. The summed E-state index contributed by atoms with van der Waals surface area (Å²) in [6.45, 7) is 5.69. The summed E-state index contributed by atoms with van der Waals surface area (Å²) in [5.41, 5.74) is 12.2. The Bertz CT molecular complexity index is 299. The molecule has 1 saturated heterocycles. The van der Waals surface area contributed by atoms with Gasteiger partial charge >= 0.3 is 0 Å². The molecule has 0 aliphatic carbocycles. The van der Waals surface area contributed by atoms with Crippen LogP contribution in [0.5, 0.6) is 0 Å². The van der Waals surface area contributed by atoms with Gasteiger partial charge in [-0.05, 0) is 31.8 Å². The van der Waals surface area contributed by atoms with Crippen LogP contribution in [0.4, 0.5) is 0 Å². The first-order valence-corrected chi connectivity index (χ1v) is 5.93. The third-order valence-electron chi connectivity index (χ3n) is 3.18. The Morgan fingerprint density at radius 3 is 2.94 bits per heavy atom. The van der Waals surface area contributed by atoms with Crippen LogP contribution in [0.1, 0.15) is 6.42 Å². The lowest BCUT2D eigenvalue weighted by molar-refractivity contribution is 0.0969. The number of ether oxygens (including phenoxy) is 1. The van der Waals surface area contributed by atoms with Gasteiger partial charge in [-0.25, -0.2) is 0 Å². The summed E-state index contributed by atoms with van der Waals surface area (Å²) in [5.74, 6) is 0.452. The van der Waals surface area contributed by atoms with Crippen LogP contribution < -0.4 is 11.5 Å². The Morgan fingerprint density at radius 2 is 2.35 bits per heavy atom. The van der Waals surface area contributed by atoms with Crippen molar-refractivity contribution < 1.29 is 4.74 Å². The van der Waals surface area contributed by atoms with Gasteiger partial charge in [-0.1, -0.05) is 24.8 Å². The van der Waals surface area contributed by atoms with Gasteiger partial charge in [-0.15, -0.1) is 0 Å². The van der Waals surface area contributed by atoms with E-state index in [1.165, 1.54) is 0 Å². The minimum absolute atomic E-state index is 0.275. The highest BCUT2D eigenvalue weighted by atomic mass is 16.5. The lowest BCUT2D eigenvalue weighted by atomic mass is 9.94. The molecule has 0 saturated carbocycles. The first-order valence-electron chi connectivity index (χ1n) is 5.93. The molecule has 1 heterocycles. The summed E-state index contributed by atoms with van der Waals surface area (Å²) in [6.07, 6.45) is 8.45. The molecule has 96 valence electrons. The molecule has 0 bridgehead atoms. The smallest absolute Gasteiger partial charge is 0.0940 e. The summed E-state index contributed by atoms with van der Waals surface area (Å²) in [6, 6.07) is 0.308. The van der Waals surface area contributed by atoms with Crippen molar-refractivity contribution in [1.82, 2.24) is 4.90 Å². The highest BCUT2D eigenvalue weighted by molar-refractivity contribution is 5.28. The normalized spacial score (nSPS) is 26.8. The van der Waals surface area contributed by atoms with Gasteiger partial charge in [0, 0.05) is 12.0 Å². The van der Waals surface area contributed by atoms with Crippen molar-refractivity contribution in [3.63, 3.8) is 0 Å². The Kier molecular flexibility index (Phi) is 5.97. The van der Waals surface area contributed by atoms with E-state index in [4.69, 9.17) is 16.2 Å². The molecular formula is C13H23N3O. The first-order chi connectivity index (χ1) is 8.24.